The molecule has 5 heteroatoms. The van der Waals surface area contributed by atoms with Crippen LogP contribution < -0.4 is 0 Å². The molecule has 16 heavy (non-hydrogen) atoms. The van der Waals surface area contributed by atoms with E-state index in [0.29, 0.717) is 19.4 Å². The number of Topliss-reactive ketones (excluding diaryl/α,β-unsaturated/α-hetero) is 1. The monoisotopic (exact) mass is 224 g/mol. The summed E-state index contributed by atoms with van der Waals surface area (Å²) in [5.41, 5.74) is 0. The molecule has 0 aliphatic rings. The quantitative estimate of drug-likeness (QED) is 0.339. The molecule has 0 radical (unpaired) electrons. The molecule has 0 fully saturated rings. The molecular weight excluding hydrogens is 208 g/mol. The Morgan fingerprint density at radius 1 is 1.19 bits per heavy atom. The van der Waals surface area contributed by atoms with E-state index >= 15 is 0 Å². The molecule has 0 rings (SSSR count). The first-order valence-electron chi connectivity index (χ1n) is 5.30. The van der Waals surface area contributed by atoms with E-state index in [0.717, 1.165) is 19.3 Å². The summed E-state index contributed by atoms with van der Waals surface area (Å²) in [7, 11) is 0. The van der Waals surface area contributed by atoms with Crippen LogP contribution in [0.1, 0.15) is 39.0 Å². The zero-order chi connectivity index (χ0) is 12.2. The van der Waals surface area contributed by atoms with Gasteiger partial charge in [0.25, 0.3) is 0 Å². The van der Waals surface area contributed by atoms with Crippen LogP contribution in [0.5, 0.6) is 0 Å². The molecule has 0 saturated heterocycles. The number of rotatable bonds is 9. The van der Waals surface area contributed by atoms with Gasteiger partial charge in [0.15, 0.2) is 0 Å². The van der Waals surface area contributed by atoms with Crippen molar-refractivity contribution < 1.29 is 14.4 Å². The van der Waals surface area contributed by atoms with Crippen molar-refractivity contribution in [2.75, 3.05) is 6.54 Å². The Morgan fingerprint density at radius 3 is 2.50 bits per heavy atom. The second-order valence-electron chi connectivity index (χ2n) is 3.60. The van der Waals surface area contributed by atoms with Gasteiger partial charge in [-0.15, -0.1) is 0 Å². The fourth-order valence-electron chi connectivity index (χ4n) is 1.41. The molecular formula is C11H16N2O3. The summed E-state index contributed by atoms with van der Waals surface area (Å²) >= 11 is 0. The Morgan fingerprint density at radius 2 is 1.94 bits per heavy atom. The minimum atomic E-state index is -0.246. The molecule has 0 aromatic heterocycles. The summed E-state index contributed by atoms with van der Waals surface area (Å²) in [5.74, 6) is 0.0227. The fraction of sp³-hybridized carbons (Fsp3) is 0.727. The topological polar surface area (TPSA) is 75.9 Å². The predicted octanol–water partition coefficient (Wildman–Crippen LogP) is 1.57. The summed E-state index contributed by atoms with van der Waals surface area (Å²) in [6.07, 6.45) is 6.52. The number of isocyanates is 2. The molecule has 0 spiro atoms. The highest BCUT2D eigenvalue weighted by molar-refractivity contribution is 5.76. The molecule has 1 atom stereocenters. The summed E-state index contributed by atoms with van der Waals surface area (Å²) in [4.78, 5) is 37.7. The third kappa shape index (κ3) is 9.00. The normalized spacial score (nSPS) is 11.1. The van der Waals surface area contributed by atoms with E-state index in [-0.39, 0.29) is 11.8 Å². The summed E-state index contributed by atoms with van der Waals surface area (Å²) in [6, 6.07) is -0.246. The lowest BCUT2D eigenvalue weighted by atomic mass is 10.0. The lowest BCUT2D eigenvalue weighted by Crippen LogP contribution is -2.09. The number of carbonyl (C=O) groups excluding carboxylic acids is 3. The maximum absolute atomic E-state index is 10.9. The molecule has 0 aromatic carbocycles. The van der Waals surface area contributed by atoms with Gasteiger partial charge in [-0.25, -0.2) is 19.6 Å². The largest absolute Gasteiger partial charge is 0.300 e. The van der Waals surface area contributed by atoms with E-state index in [4.69, 9.17) is 0 Å². The van der Waals surface area contributed by atoms with Gasteiger partial charge < -0.3 is 0 Å². The van der Waals surface area contributed by atoms with Crippen molar-refractivity contribution in [3.05, 3.63) is 0 Å². The van der Waals surface area contributed by atoms with Crippen molar-refractivity contribution in [2.45, 2.75) is 45.1 Å². The summed E-state index contributed by atoms with van der Waals surface area (Å²) < 4.78 is 0. The fourth-order valence-corrected chi connectivity index (χ4v) is 1.41. The van der Waals surface area contributed by atoms with Gasteiger partial charge in [-0.05, 0) is 19.8 Å². The highest BCUT2D eigenvalue weighted by atomic mass is 16.1. The average molecular weight is 224 g/mol. The van der Waals surface area contributed by atoms with E-state index in [9.17, 15) is 14.4 Å². The highest BCUT2D eigenvalue weighted by Crippen LogP contribution is 2.10. The number of unbranched alkanes of at least 4 members (excludes halogenated alkanes) is 2. The van der Waals surface area contributed by atoms with Crippen LogP contribution >= 0.6 is 0 Å². The smallest absolute Gasteiger partial charge is 0.235 e. The van der Waals surface area contributed by atoms with E-state index in [1.807, 2.05) is 0 Å². The van der Waals surface area contributed by atoms with Gasteiger partial charge in [0.2, 0.25) is 12.2 Å². The van der Waals surface area contributed by atoms with Crippen molar-refractivity contribution in [3.63, 3.8) is 0 Å². The Balaban J connectivity index is 3.71. The van der Waals surface area contributed by atoms with Crippen LogP contribution in [0.4, 0.5) is 0 Å². The van der Waals surface area contributed by atoms with Crippen LogP contribution in [0, 0.1) is 0 Å². The minimum Gasteiger partial charge on any atom is -0.300 e. The maximum Gasteiger partial charge on any atom is 0.235 e. The summed E-state index contributed by atoms with van der Waals surface area (Å²) in [5, 5.41) is 0. The van der Waals surface area contributed by atoms with Gasteiger partial charge in [0, 0.05) is 6.42 Å². The maximum atomic E-state index is 10.9. The van der Waals surface area contributed by atoms with Crippen molar-refractivity contribution in [3.8, 4) is 0 Å². The van der Waals surface area contributed by atoms with Gasteiger partial charge in [0.05, 0.1) is 12.6 Å². The zero-order valence-corrected chi connectivity index (χ0v) is 9.44. The standard InChI is InChI=1S/C11H16N2O3/c1-10(16)7-11(13-9-15)5-3-2-4-6-12-8-14/h11H,2-7H2,1H3. The Hall–Kier alpha value is -1.57. The summed E-state index contributed by atoms with van der Waals surface area (Å²) in [6.45, 7) is 1.96. The number of nitrogens with zero attached hydrogens (tertiary/aromatic N) is 2. The molecule has 0 N–H and O–H groups in total. The van der Waals surface area contributed by atoms with Crippen LogP contribution in [0.25, 0.3) is 0 Å². The third-order valence-corrected chi connectivity index (χ3v) is 2.13. The number of hydrogen-bond donors (Lipinski definition) is 0. The van der Waals surface area contributed by atoms with Gasteiger partial charge in [-0.3, -0.25) is 4.79 Å². The van der Waals surface area contributed by atoms with Crippen LogP contribution in [0.3, 0.4) is 0 Å². The highest BCUT2D eigenvalue weighted by Gasteiger charge is 2.09. The molecule has 0 heterocycles. The lowest BCUT2D eigenvalue weighted by Gasteiger charge is -2.07. The van der Waals surface area contributed by atoms with Crippen LogP contribution in [-0.2, 0) is 14.4 Å². The van der Waals surface area contributed by atoms with Crippen molar-refractivity contribution in [2.24, 2.45) is 9.98 Å². The molecule has 88 valence electrons. The van der Waals surface area contributed by atoms with E-state index < -0.39 is 0 Å². The second kappa shape index (κ2) is 9.97. The zero-order valence-electron chi connectivity index (χ0n) is 9.44. The first-order chi connectivity index (χ1) is 7.70. The van der Waals surface area contributed by atoms with Gasteiger partial charge in [-0.2, -0.15) is 0 Å². The minimum absolute atomic E-state index is 0.0227. The SMILES string of the molecule is CC(=O)CC(CCCCCN=C=O)N=C=O. The van der Waals surface area contributed by atoms with E-state index in [1.54, 1.807) is 0 Å². The number of hydrogen-bond acceptors (Lipinski definition) is 5. The van der Waals surface area contributed by atoms with Crippen LogP contribution in [0.2, 0.25) is 0 Å². The molecule has 0 aliphatic heterocycles. The Bertz CT molecular complexity index is 302. The molecule has 1 unspecified atom stereocenters. The van der Waals surface area contributed by atoms with Gasteiger partial charge in [0.1, 0.15) is 5.78 Å². The predicted molar refractivity (Wildman–Crippen MR) is 58.7 cm³/mol. The van der Waals surface area contributed by atoms with Gasteiger partial charge in [-0.1, -0.05) is 12.8 Å². The Kier molecular flexibility index (Phi) is 8.99. The first-order valence-corrected chi connectivity index (χ1v) is 5.30. The number of ketones is 1. The number of aliphatic imine (C=N–C) groups is 2. The van der Waals surface area contributed by atoms with E-state index in [2.05, 4.69) is 9.98 Å². The first kappa shape index (κ1) is 14.4. The molecule has 5 nitrogen and oxygen atoms in total. The number of carbonyl (C=O) groups is 1. The lowest BCUT2D eigenvalue weighted by molar-refractivity contribution is -0.117. The van der Waals surface area contributed by atoms with E-state index in [1.165, 1.54) is 19.1 Å². The molecule has 0 aromatic rings. The van der Waals surface area contributed by atoms with Crippen molar-refractivity contribution >= 4 is 17.9 Å². The van der Waals surface area contributed by atoms with Crippen molar-refractivity contribution in [1.82, 2.24) is 0 Å². The molecule has 0 bridgehead atoms. The van der Waals surface area contributed by atoms with Gasteiger partial charge >= 0.3 is 0 Å². The Labute approximate surface area is 94.7 Å². The average Bonchev–Trinajstić information content (AvgIpc) is 2.22. The van der Waals surface area contributed by atoms with Crippen LogP contribution in [-0.4, -0.2) is 30.5 Å². The van der Waals surface area contributed by atoms with Crippen molar-refractivity contribution in [1.29, 1.82) is 0 Å². The molecule has 0 saturated carbocycles. The second-order valence-corrected chi connectivity index (χ2v) is 3.60. The molecule has 0 aliphatic carbocycles. The third-order valence-electron chi connectivity index (χ3n) is 2.13. The molecule has 0 amide bonds. The van der Waals surface area contributed by atoms with Crippen LogP contribution in [0.15, 0.2) is 9.98 Å².